The number of benzene rings is 8. The van der Waals surface area contributed by atoms with Gasteiger partial charge in [-0.1, -0.05) is 116 Å². The molecule has 0 spiro atoms. The maximum Gasteiger partial charge on any atom is 2.00 e. The third kappa shape index (κ3) is 13.3. The van der Waals surface area contributed by atoms with Gasteiger partial charge in [0.25, 0.3) is 26.1 Å². The summed E-state index contributed by atoms with van der Waals surface area (Å²) in [6.45, 7) is 3.50. The molecule has 0 aromatic heterocycles. The molecule has 8 aromatic carbocycles. The van der Waals surface area contributed by atoms with E-state index in [0.717, 1.165) is 12.1 Å². The number of halogens is 2. The van der Waals surface area contributed by atoms with Crippen LogP contribution in [0.25, 0.3) is 21.5 Å². The monoisotopic (exact) mass is 1210 g/mol. The minimum absolute atomic E-state index is 0. The molecule has 0 aliphatic heterocycles. The summed E-state index contributed by atoms with van der Waals surface area (Å²) < 4.78 is 75.5. The zero-order valence-electron chi connectivity index (χ0n) is 40.1. The van der Waals surface area contributed by atoms with Gasteiger partial charge in [-0.25, -0.2) is 0 Å². The Morgan fingerprint density at radius 3 is 1.57 bits per heavy atom. The van der Waals surface area contributed by atoms with E-state index in [9.17, 15) is 46.1 Å². The molecule has 0 bridgehead atoms. The first-order valence-electron chi connectivity index (χ1n) is 22.0. The molecule has 0 saturated heterocycles. The van der Waals surface area contributed by atoms with E-state index < -0.39 is 43.5 Å². The first kappa shape index (κ1) is 57.9. The maximum atomic E-state index is 13.4. The molecule has 4 N–H and O–H groups in total. The Morgan fingerprint density at radius 2 is 1.05 bits per heavy atom. The molecule has 0 heterocycles. The van der Waals surface area contributed by atoms with Gasteiger partial charge in [0.1, 0.15) is 34.2 Å². The fraction of sp³-hybridized carbons (Fsp3) is 0.115. The summed E-state index contributed by atoms with van der Waals surface area (Å²) in [5.74, 6) is -1.63. The van der Waals surface area contributed by atoms with E-state index in [-0.39, 0.29) is 108 Å². The van der Waals surface area contributed by atoms with Crippen molar-refractivity contribution in [3.8, 4) is 23.0 Å². The number of ether oxygens (including phenoxy) is 2. The summed E-state index contributed by atoms with van der Waals surface area (Å²) >= 11 is 12.5. The first-order chi connectivity index (χ1) is 35.3. The number of phenolic OH excluding ortho intramolecular Hbond substituents is 1. The van der Waals surface area contributed by atoms with Gasteiger partial charge in [0.2, 0.25) is 0 Å². The molecule has 0 aliphatic rings. The molecular weight excluding hydrogens is 1170 g/mol. The van der Waals surface area contributed by atoms with Crippen LogP contribution in [-0.2, 0) is 33.1 Å². The smallest absolute Gasteiger partial charge is 0.871 e. The third-order valence-electron chi connectivity index (χ3n) is 11.2. The van der Waals surface area contributed by atoms with Crippen LogP contribution < -0.4 is 25.0 Å². The van der Waals surface area contributed by atoms with E-state index in [1.54, 1.807) is 117 Å². The Labute approximate surface area is 481 Å². The molecule has 8 aromatic rings. The number of phenols is 1. The second-order valence-electron chi connectivity index (χ2n) is 15.8. The quantitative estimate of drug-likeness (QED) is 0.0260. The normalized spacial score (nSPS) is 11.9. The van der Waals surface area contributed by atoms with Gasteiger partial charge >= 0.3 is 48.9 Å². The van der Waals surface area contributed by atoms with Gasteiger partial charge in [-0.3, -0.25) is 18.9 Å². The number of aryl methyl sites for hydroxylation is 2. The van der Waals surface area contributed by atoms with Crippen molar-refractivity contribution in [2.45, 2.75) is 36.5 Å². The van der Waals surface area contributed by atoms with Crippen LogP contribution in [0.3, 0.4) is 0 Å². The predicted molar refractivity (Wildman–Crippen MR) is 285 cm³/mol. The number of fused-ring (bicyclic) bond motifs is 2. The fourth-order valence-corrected chi connectivity index (χ4v) is 9.31. The summed E-state index contributed by atoms with van der Waals surface area (Å²) in [5, 5.41) is 59.1. The molecule has 18 nitrogen and oxygen atoms in total. The van der Waals surface area contributed by atoms with Gasteiger partial charge in [0.05, 0.1) is 51.0 Å². The Hall–Kier alpha value is -6.41. The van der Waals surface area contributed by atoms with Crippen molar-refractivity contribution in [2.75, 3.05) is 19.5 Å². The fourth-order valence-electron chi connectivity index (χ4n) is 7.51. The minimum atomic E-state index is -4.49. The van der Waals surface area contributed by atoms with Crippen LogP contribution in [0.15, 0.2) is 169 Å². The SMILES string of the molecule is CCc1cc(S(=O)(=O)O)cc(Cl)c1N=Nc1c(O)c(C(=O)Nc2ccccc2OC)cc2ccccc12.CCc1cc(S(=O)(=O)O)cc(Cl)c1N=Nc1c([O-])c(C([O-])=Nc2ccccc2OC)cc2ccccc12.[Ba+2]. The van der Waals surface area contributed by atoms with Crippen molar-refractivity contribution in [2.24, 2.45) is 25.4 Å². The molecule has 0 fully saturated rings. The summed E-state index contributed by atoms with van der Waals surface area (Å²) in [5.41, 5.74) is 1.47. The molecule has 0 aliphatic carbocycles. The van der Waals surface area contributed by atoms with Crippen LogP contribution in [0.4, 0.5) is 34.1 Å². The van der Waals surface area contributed by atoms with Crippen LogP contribution in [0, 0.1) is 0 Å². The van der Waals surface area contributed by atoms with Crippen LogP contribution in [-0.4, -0.2) is 106 Å². The minimum Gasteiger partial charge on any atom is -0.871 e. The maximum absolute atomic E-state index is 13.4. The van der Waals surface area contributed by atoms with Crippen LogP contribution in [0.2, 0.25) is 10.0 Å². The number of aliphatic imine (C=N–C) groups is 1. The van der Waals surface area contributed by atoms with Gasteiger partial charge in [0.15, 0.2) is 5.75 Å². The van der Waals surface area contributed by atoms with E-state index in [1.807, 2.05) is 0 Å². The van der Waals surface area contributed by atoms with Crippen LogP contribution in [0.5, 0.6) is 23.0 Å². The Bertz CT molecular complexity index is 3830. The Balaban J connectivity index is 0.000000241. The number of nitrogens with one attached hydrogen (secondary N) is 1. The molecule has 75 heavy (non-hydrogen) atoms. The van der Waals surface area contributed by atoms with E-state index in [1.165, 1.54) is 32.4 Å². The van der Waals surface area contributed by atoms with E-state index in [0.29, 0.717) is 62.7 Å². The van der Waals surface area contributed by atoms with E-state index in [2.05, 4.69) is 30.8 Å². The number of azo groups is 2. The zero-order valence-corrected chi connectivity index (χ0v) is 47.7. The van der Waals surface area contributed by atoms with Gasteiger partial charge in [-0.15, -0.1) is 15.3 Å². The molecule has 0 unspecified atom stereocenters. The number of aromatic hydroxyl groups is 1. The number of hydrogen-bond acceptors (Lipinski definition) is 15. The van der Waals surface area contributed by atoms with Crippen LogP contribution >= 0.6 is 23.2 Å². The number of hydrogen-bond donors (Lipinski definition) is 4. The van der Waals surface area contributed by atoms with Crippen molar-refractivity contribution in [1.29, 1.82) is 0 Å². The number of methoxy groups -OCH3 is 2. The molecule has 23 heteroatoms. The average molecular weight is 1220 g/mol. The predicted octanol–water partition coefficient (Wildman–Crippen LogP) is 11.5. The van der Waals surface area contributed by atoms with Crippen molar-refractivity contribution in [3.05, 3.63) is 166 Å². The number of rotatable bonds is 14. The van der Waals surface area contributed by atoms with Crippen molar-refractivity contribution in [3.63, 3.8) is 0 Å². The number of amides is 1. The van der Waals surface area contributed by atoms with Crippen molar-refractivity contribution >= 4 is 160 Å². The van der Waals surface area contributed by atoms with Gasteiger partial charge in [-0.2, -0.15) is 21.9 Å². The molecule has 0 atom stereocenters. The van der Waals surface area contributed by atoms with Crippen molar-refractivity contribution < 1.29 is 55.5 Å². The number of nitrogens with zero attached hydrogens (tertiary/aromatic N) is 5. The van der Waals surface area contributed by atoms with Gasteiger partial charge < -0.3 is 30.1 Å². The molecule has 0 saturated carbocycles. The van der Waals surface area contributed by atoms with E-state index in [4.69, 9.17) is 32.7 Å². The van der Waals surface area contributed by atoms with Gasteiger partial charge in [-0.05, 0) is 107 Å². The summed E-state index contributed by atoms with van der Waals surface area (Å²) in [6, 6.07) is 35.0. The number of para-hydroxylation sites is 4. The number of carbonyl (C=O) groups is 1. The zero-order chi connectivity index (χ0) is 53.5. The number of anilines is 1. The molecule has 8 rings (SSSR count). The molecule has 0 radical (unpaired) electrons. The standard InChI is InChI=1S/2C26H22ClN3O6S.Ba/c2*1-3-15-12-17(37(33,34)35)14-20(27)23(15)29-30-24-18-9-5-4-8-16(18)13-19(25(24)31)26(32)28-21-10-6-7-11-22(21)36-2;/h2*4-14,31H,3H2,1-2H3,(H,28,32)(H,33,34,35);/q;;+2/p-2. The van der Waals surface area contributed by atoms with Crippen LogP contribution in [0.1, 0.15) is 40.9 Å². The molecule has 1 amide bonds. The topological polar surface area (TPSA) is 284 Å². The van der Waals surface area contributed by atoms with E-state index >= 15 is 0 Å². The Kier molecular flexibility index (Phi) is 19.3. The molecular formula is C52H42BaCl2N6O12S2. The second-order valence-corrected chi connectivity index (χ2v) is 19.4. The molecule has 380 valence electrons. The first-order valence-corrected chi connectivity index (χ1v) is 25.7. The average Bonchev–Trinajstić information content (AvgIpc) is 3.37. The summed E-state index contributed by atoms with van der Waals surface area (Å²) in [4.78, 5) is 16.5. The summed E-state index contributed by atoms with van der Waals surface area (Å²) in [7, 11) is -6.03. The Morgan fingerprint density at radius 1 is 0.613 bits per heavy atom. The number of carbonyl (C=O) groups excluding carboxylic acids is 1. The summed E-state index contributed by atoms with van der Waals surface area (Å²) in [6.07, 6.45) is 0.657. The third-order valence-corrected chi connectivity index (χ3v) is 13.4. The van der Waals surface area contributed by atoms with Gasteiger partial charge in [0, 0.05) is 10.8 Å². The second kappa shape index (κ2) is 25.0. The largest absolute Gasteiger partial charge is 2.00 e. The van der Waals surface area contributed by atoms with Crippen molar-refractivity contribution in [1.82, 2.24) is 0 Å².